The van der Waals surface area contributed by atoms with Crippen molar-refractivity contribution in [2.75, 3.05) is 6.54 Å². The third-order valence-electron chi connectivity index (χ3n) is 4.03. The van der Waals surface area contributed by atoms with E-state index in [9.17, 15) is 4.79 Å². The standard InChI is InChI=1S/C22H22N2O/c25-21(17-23-16-18-10-4-1-5-11-18)24-22(19-12-6-2-7-13-19)20-14-8-3-9-15-20/h1-15,22-23H,16-17H2,(H,24,25). The van der Waals surface area contributed by atoms with Crippen LogP contribution in [-0.2, 0) is 11.3 Å². The van der Waals surface area contributed by atoms with Gasteiger partial charge in [0, 0.05) is 6.54 Å². The summed E-state index contributed by atoms with van der Waals surface area (Å²) in [5.74, 6) is -0.0198. The molecule has 0 atom stereocenters. The topological polar surface area (TPSA) is 41.1 Å². The summed E-state index contributed by atoms with van der Waals surface area (Å²) >= 11 is 0. The summed E-state index contributed by atoms with van der Waals surface area (Å²) in [6.07, 6.45) is 0. The van der Waals surface area contributed by atoms with Crippen LogP contribution in [0.5, 0.6) is 0 Å². The number of amides is 1. The predicted octanol–water partition coefficient (Wildman–Crippen LogP) is 3.68. The second-order valence-corrected chi connectivity index (χ2v) is 5.91. The Kier molecular flexibility index (Phi) is 5.96. The number of nitrogens with one attached hydrogen (secondary N) is 2. The molecule has 0 fully saturated rings. The van der Waals surface area contributed by atoms with Gasteiger partial charge < -0.3 is 10.6 Å². The molecule has 0 heterocycles. The summed E-state index contributed by atoms with van der Waals surface area (Å²) in [4.78, 5) is 12.4. The zero-order valence-electron chi connectivity index (χ0n) is 14.1. The van der Waals surface area contributed by atoms with Gasteiger partial charge in [-0.25, -0.2) is 0 Å². The number of carbonyl (C=O) groups excluding carboxylic acids is 1. The number of benzene rings is 3. The van der Waals surface area contributed by atoms with Crippen molar-refractivity contribution >= 4 is 5.91 Å². The van der Waals surface area contributed by atoms with Gasteiger partial charge in [-0.15, -0.1) is 0 Å². The summed E-state index contributed by atoms with van der Waals surface area (Å²) in [6, 6.07) is 30.0. The van der Waals surface area contributed by atoms with E-state index < -0.39 is 0 Å². The van der Waals surface area contributed by atoms with E-state index in [2.05, 4.69) is 10.6 Å². The normalized spacial score (nSPS) is 10.6. The molecule has 0 saturated carbocycles. The van der Waals surface area contributed by atoms with Gasteiger partial charge in [0.15, 0.2) is 0 Å². The molecule has 2 N–H and O–H groups in total. The minimum Gasteiger partial charge on any atom is -0.344 e. The van der Waals surface area contributed by atoms with Crippen LogP contribution in [0.4, 0.5) is 0 Å². The highest BCUT2D eigenvalue weighted by Gasteiger charge is 2.16. The van der Waals surface area contributed by atoms with E-state index in [1.807, 2.05) is 91.0 Å². The lowest BCUT2D eigenvalue weighted by Gasteiger charge is -2.20. The molecule has 0 bridgehead atoms. The van der Waals surface area contributed by atoms with Crippen molar-refractivity contribution in [2.45, 2.75) is 12.6 Å². The predicted molar refractivity (Wildman–Crippen MR) is 101 cm³/mol. The van der Waals surface area contributed by atoms with Gasteiger partial charge >= 0.3 is 0 Å². The minimum atomic E-state index is -0.145. The van der Waals surface area contributed by atoms with Gasteiger partial charge in [0.25, 0.3) is 0 Å². The highest BCUT2D eigenvalue weighted by molar-refractivity contribution is 5.79. The molecule has 0 aliphatic heterocycles. The van der Waals surface area contributed by atoms with Crippen LogP contribution in [-0.4, -0.2) is 12.5 Å². The van der Waals surface area contributed by atoms with Crippen molar-refractivity contribution in [3.63, 3.8) is 0 Å². The zero-order chi connectivity index (χ0) is 17.3. The van der Waals surface area contributed by atoms with Gasteiger partial charge in [-0.1, -0.05) is 91.0 Å². The molecular weight excluding hydrogens is 308 g/mol. The Hall–Kier alpha value is -2.91. The average Bonchev–Trinajstić information content (AvgIpc) is 2.68. The van der Waals surface area contributed by atoms with Crippen molar-refractivity contribution in [3.8, 4) is 0 Å². The quantitative estimate of drug-likeness (QED) is 0.694. The third kappa shape index (κ3) is 5.03. The molecule has 3 aromatic rings. The van der Waals surface area contributed by atoms with E-state index >= 15 is 0 Å². The molecule has 3 aromatic carbocycles. The van der Waals surface area contributed by atoms with Crippen LogP contribution in [0.3, 0.4) is 0 Å². The molecule has 1 amide bonds. The fourth-order valence-corrected chi connectivity index (χ4v) is 2.78. The molecule has 0 radical (unpaired) electrons. The summed E-state index contributed by atoms with van der Waals surface area (Å²) < 4.78 is 0. The summed E-state index contributed by atoms with van der Waals surface area (Å²) in [5.41, 5.74) is 3.31. The van der Waals surface area contributed by atoms with Gasteiger partial charge in [0.1, 0.15) is 0 Å². The molecule has 0 aliphatic carbocycles. The van der Waals surface area contributed by atoms with E-state index in [-0.39, 0.29) is 18.5 Å². The van der Waals surface area contributed by atoms with Crippen LogP contribution in [0.25, 0.3) is 0 Å². The lowest BCUT2D eigenvalue weighted by molar-refractivity contribution is -0.120. The molecular formula is C22H22N2O. The van der Waals surface area contributed by atoms with Gasteiger partial charge in [-0.05, 0) is 16.7 Å². The number of hydrogen-bond donors (Lipinski definition) is 2. The van der Waals surface area contributed by atoms with E-state index in [1.54, 1.807) is 0 Å². The second kappa shape index (κ2) is 8.81. The molecule has 25 heavy (non-hydrogen) atoms. The Bertz CT molecular complexity index is 733. The molecule has 0 saturated heterocycles. The fourth-order valence-electron chi connectivity index (χ4n) is 2.78. The van der Waals surface area contributed by atoms with Crippen LogP contribution < -0.4 is 10.6 Å². The molecule has 0 unspecified atom stereocenters. The molecule has 3 nitrogen and oxygen atoms in total. The van der Waals surface area contributed by atoms with Crippen LogP contribution in [0.1, 0.15) is 22.7 Å². The minimum absolute atomic E-state index is 0.0198. The Morgan fingerprint density at radius 2 is 1.20 bits per heavy atom. The SMILES string of the molecule is O=C(CNCc1ccccc1)NC(c1ccccc1)c1ccccc1. The number of rotatable bonds is 7. The summed E-state index contributed by atoms with van der Waals surface area (Å²) in [5, 5.41) is 6.33. The van der Waals surface area contributed by atoms with Crippen LogP contribution in [0.15, 0.2) is 91.0 Å². The Morgan fingerprint density at radius 1 is 0.720 bits per heavy atom. The molecule has 126 valence electrons. The third-order valence-corrected chi connectivity index (χ3v) is 4.03. The first kappa shape index (κ1) is 16.9. The van der Waals surface area contributed by atoms with Crippen LogP contribution in [0.2, 0.25) is 0 Å². The molecule has 3 rings (SSSR count). The average molecular weight is 330 g/mol. The summed E-state index contributed by atoms with van der Waals surface area (Å²) in [6.45, 7) is 0.959. The van der Waals surface area contributed by atoms with Gasteiger partial charge in [-0.2, -0.15) is 0 Å². The lowest BCUT2D eigenvalue weighted by atomic mass is 9.99. The van der Waals surface area contributed by atoms with Crippen molar-refractivity contribution in [3.05, 3.63) is 108 Å². The first-order valence-corrected chi connectivity index (χ1v) is 8.47. The Balaban J connectivity index is 1.63. The maximum atomic E-state index is 12.4. The van der Waals surface area contributed by atoms with Gasteiger partial charge in [0.2, 0.25) is 5.91 Å². The van der Waals surface area contributed by atoms with E-state index in [4.69, 9.17) is 0 Å². The second-order valence-electron chi connectivity index (χ2n) is 5.91. The van der Waals surface area contributed by atoms with Crippen molar-refractivity contribution in [2.24, 2.45) is 0 Å². The monoisotopic (exact) mass is 330 g/mol. The number of carbonyl (C=O) groups is 1. The molecule has 3 heteroatoms. The first-order valence-electron chi connectivity index (χ1n) is 8.47. The van der Waals surface area contributed by atoms with Gasteiger partial charge in [-0.3, -0.25) is 4.79 Å². The molecule has 0 aromatic heterocycles. The van der Waals surface area contributed by atoms with E-state index in [0.717, 1.165) is 16.7 Å². The highest BCUT2D eigenvalue weighted by Crippen LogP contribution is 2.21. The fraction of sp³-hybridized carbons (Fsp3) is 0.136. The van der Waals surface area contributed by atoms with E-state index in [1.165, 1.54) is 0 Å². The smallest absolute Gasteiger partial charge is 0.234 e. The molecule has 0 spiro atoms. The first-order chi connectivity index (χ1) is 12.3. The van der Waals surface area contributed by atoms with E-state index in [0.29, 0.717) is 6.54 Å². The van der Waals surface area contributed by atoms with Crippen molar-refractivity contribution in [1.82, 2.24) is 10.6 Å². The van der Waals surface area contributed by atoms with Gasteiger partial charge in [0.05, 0.1) is 12.6 Å². The zero-order valence-corrected chi connectivity index (χ0v) is 14.1. The molecule has 0 aliphatic rings. The maximum absolute atomic E-state index is 12.4. The highest BCUT2D eigenvalue weighted by atomic mass is 16.1. The number of hydrogen-bond acceptors (Lipinski definition) is 2. The Labute approximate surface area is 148 Å². The van der Waals surface area contributed by atoms with Crippen molar-refractivity contribution < 1.29 is 4.79 Å². The largest absolute Gasteiger partial charge is 0.344 e. The van der Waals surface area contributed by atoms with Crippen molar-refractivity contribution in [1.29, 1.82) is 0 Å². The van der Waals surface area contributed by atoms with Crippen LogP contribution in [0, 0.1) is 0 Å². The van der Waals surface area contributed by atoms with Crippen LogP contribution >= 0.6 is 0 Å². The lowest BCUT2D eigenvalue weighted by Crippen LogP contribution is -2.36. The maximum Gasteiger partial charge on any atom is 0.234 e. The Morgan fingerprint density at radius 3 is 1.72 bits per heavy atom. The summed E-state index contributed by atoms with van der Waals surface area (Å²) in [7, 11) is 0.